The predicted octanol–water partition coefficient (Wildman–Crippen LogP) is 2.58. The molecule has 1 saturated carbocycles. The second kappa shape index (κ2) is 3.43. The molecule has 0 unspecified atom stereocenters. The molecular weight excluding hydrogens is 266 g/mol. The summed E-state index contributed by atoms with van der Waals surface area (Å²) in [5.74, 6) is 0. The zero-order valence-electron chi connectivity index (χ0n) is 8.73. The van der Waals surface area contributed by atoms with Gasteiger partial charge in [-0.3, -0.25) is 0 Å². The van der Waals surface area contributed by atoms with E-state index in [4.69, 9.17) is 5.73 Å². The third kappa shape index (κ3) is 1.68. The predicted molar refractivity (Wildman–Crippen MR) is 66.4 cm³/mol. The highest BCUT2D eigenvalue weighted by Crippen LogP contribution is 2.42. The van der Waals surface area contributed by atoms with E-state index in [2.05, 4.69) is 21.0 Å². The highest BCUT2D eigenvalue weighted by molar-refractivity contribution is 9.10. The molecule has 3 nitrogen and oxygen atoms in total. The van der Waals surface area contributed by atoms with Crippen molar-refractivity contribution in [3.8, 4) is 5.69 Å². The number of rotatable bonds is 2. The summed E-state index contributed by atoms with van der Waals surface area (Å²) in [6, 6.07) is 8.06. The Labute approximate surface area is 102 Å². The summed E-state index contributed by atoms with van der Waals surface area (Å²) in [5.41, 5.74) is 8.21. The molecule has 2 N–H and O–H groups in total. The highest BCUT2D eigenvalue weighted by Gasteiger charge is 2.41. The summed E-state index contributed by atoms with van der Waals surface area (Å²) >= 11 is 3.42. The van der Waals surface area contributed by atoms with E-state index in [1.807, 2.05) is 41.3 Å². The standard InChI is InChI=1S/C12H12BrN3/c13-10-1-3-11(4-2-10)16-8-9(7-15-16)12(14)5-6-12/h1-4,7-8H,5-6,14H2. The molecule has 0 bridgehead atoms. The Morgan fingerprint density at radius 2 is 1.94 bits per heavy atom. The smallest absolute Gasteiger partial charge is 0.0646 e. The number of hydrogen-bond donors (Lipinski definition) is 1. The molecule has 1 fully saturated rings. The van der Waals surface area contributed by atoms with Crippen molar-refractivity contribution in [2.75, 3.05) is 0 Å². The number of nitrogens with zero attached hydrogens (tertiary/aromatic N) is 2. The first-order chi connectivity index (χ1) is 7.67. The summed E-state index contributed by atoms with van der Waals surface area (Å²) in [7, 11) is 0. The van der Waals surface area contributed by atoms with Gasteiger partial charge in [-0.05, 0) is 37.1 Å². The van der Waals surface area contributed by atoms with Crippen LogP contribution < -0.4 is 5.73 Å². The lowest BCUT2D eigenvalue weighted by Crippen LogP contribution is -2.17. The van der Waals surface area contributed by atoms with Crippen LogP contribution in [0.15, 0.2) is 41.1 Å². The third-order valence-electron chi connectivity index (χ3n) is 3.04. The van der Waals surface area contributed by atoms with E-state index in [0.717, 1.165) is 28.6 Å². The van der Waals surface area contributed by atoms with Gasteiger partial charge in [0.1, 0.15) is 0 Å². The number of aromatic nitrogens is 2. The highest BCUT2D eigenvalue weighted by atomic mass is 79.9. The molecule has 0 radical (unpaired) electrons. The average molecular weight is 278 g/mol. The van der Waals surface area contributed by atoms with Gasteiger partial charge in [0.05, 0.1) is 11.9 Å². The van der Waals surface area contributed by atoms with E-state index in [0.29, 0.717) is 0 Å². The molecule has 2 aromatic rings. The number of hydrogen-bond acceptors (Lipinski definition) is 2. The summed E-state index contributed by atoms with van der Waals surface area (Å²) in [4.78, 5) is 0. The molecule has 1 heterocycles. The zero-order chi connectivity index (χ0) is 11.2. The van der Waals surface area contributed by atoms with E-state index < -0.39 is 0 Å². The maximum absolute atomic E-state index is 6.12. The Hall–Kier alpha value is -1.13. The quantitative estimate of drug-likeness (QED) is 0.917. The Morgan fingerprint density at radius 3 is 2.56 bits per heavy atom. The summed E-state index contributed by atoms with van der Waals surface area (Å²) in [6.45, 7) is 0. The average Bonchev–Trinajstić information content (AvgIpc) is 2.84. The number of halogens is 1. The second-order valence-electron chi connectivity index (χ2n) is 4.31. The Kier molecular flexibility index (Phi) is 2.16. The fraction of sp³-hybridized carbons (Fsp3) is 0.250. The van der Waals surface area contributed by atoms with Gasteiger partial charge in [0.25, 0.3) is 0 Å². The normalized spacial score (nSPS) is 17.4. The molecular formula is C12H12BrN3. The van der Waals surface area contributed by atoms with Crippen molar-refractivity contribution in [1.82, 2.24) is 9.78 Å². The molecule has 3 rings (SSSR count). The molecule has 1 aromatic heterocycles. The lowest BCUT2D eigenvalue weighted by atomic mass is 10.1. The minimum atomic E-state index is -0.104. The van der Waals surface area contributed by atoms with E-state index in [1.54, 1.807) is 0 Å². The summed E-state index contributed by atoms with van der Waals surface area (Å²) in [5, 5.41) is 4.34. The fourth-order valence-electron chi connectivity index (χ4n) is 1.74. The van der Waals surface area contributed by atoms with Gasteiger partial charge in [0.15, 0.2) is 0 Å². The van der Waals surface area contributed by atoms with Crippen molar-refractivity contribution in [2.24, 2.45) is 5.73 Å². The molecule has 1 aliphatic carbocycles. The Balaban J connectivity index is 1.95. The lowest BCUT2D eigenvalue weighted by molar-refractivity contribution is 0.739. The van der Waals surface area contributed by atoms with Crippen molar-refractivity contribution < 1.29 is 0 Å². The number of nitrogens with two attached hydrogens (primary N) is 1. The molecule has 1 aliphatic rings. The first-order valence-electron chi connectivity index (χ1n) is 5.27. The molecule has 82 valence electrons. The summed E-state index contributed by atoms with van der Waals surface area (Å²) < 4.78 is 2.94. The van der Waals surface area contributed by atoms with Gasteiger partial charge >= 0.3 is 0 Å². The van der Waals surface area contributed by atoms with Crippen LogP contribution in [0.3, 0.4) is 0 Å². The van der Waals surface area contributed by atoms with Crippen LogP contribution in [0.4, 0.5) is 0 Å². The van der Waals surface area contributed by atoms with Crippen LogP contribution in [0.2, 0.25) is 0 Å². The molecule has 0 saturated heterocycles. The van der Waals surface area contributed by atoms with Crippen LogP contribution in [-0.2, 0) is 5.54 Å². The molecule has 0 atom stereocenters. The zero-order valence-corrected chi connectivity index (χ0v) is 10.3. The first kappa shape index (κ1) is 10.1. The molecule has 0 aliphatic heterocycles. The van der Waals surface area contributed by atoms with E-state index in [9.17, 15) is 0 Å². The second-order valence-corrected chi connectivity index (χ2v) is 5.22. The van der Waals surface area contributed by atoms with Gasteiger partial charge in [-0.2, -0.15) is 5.10 Å². The number of benzene rings is 1. The van der Waals surface area contributed by atoms with Gasteiger partial charge < -0.3 is 5.73 Å². The van der Waals surface area contributed by atoms with Gasteiger partial charge in [-0.1, -0.05) is 15.9 Å². The molecule has 4 heteroatoms. The van der Waals surface area contributed by atoms with Crippen molar-refractivity contribution in [2.45, 2.75) is 18.4 Å². The molecule has 0 amide bonds. The van der Waals surface area contributed by atoms with Crippen molar-refractivity contribution in [1.29, 1.82) is 0 Å². The van der Waals surface area contributed by atoms with Crippen molar-refractivity contribution >= 4 is 15.9 Å². The van der Waals surface area contributed by atoms with Crippen LogP contribution in [0.1, 0.15) is 18.4 Å². The molecule has 1 aromatic carbocycles. The monoisotopic (exact) mass is 277 g/mol. The topological polar surface area (TPSA) is 43.8 Å². The third-order valence-corrected chi connectivity index (χ3v) is 3.57. The van der Waals surface area contributed by atoms with Crippen molar-refractivity contribution in [3.63, 3.8) is 0 Å². The maximum Gasteiger partial charge on any atom is 0.0646 e. The van der Waals surface area contributed by atoms with Gasteiger partial charge in [-0.15, -0.1) is 0 Å². The van der Waals surface area contributed by atoms with E-state index >= 15 is 0 Å². The van der Waals surface area contributed by atoms with Gasteiger partial charge in [0.2, 0.25) is 0 Å². The Bertz CT molecular complexity index is 511. The van der Waals surface area contributed by atoms with Crippen LogP contribution in [0.5, 0.6) is 0 Å². The van der Waals surface area contributed by atoms with Crippen LogP contribution in [0.25, 0.3) is 5.69 Å². The fourth-order valence-corrected chi connectivity index (χ4v) is 2.00. The van der Waals surface area contributed by atoms with Crippen molar-refractivity contribution in [3.05, 3.63) is 46.7 Å². The largest absolute Gasteiger partial charge is 0.321 e. The van der Waals surface area contributed by atoms with Gasteiger partial charge in [-0.25, -0.2) is 4.68 Å². The van der Waals surface area contributed by atoms with Crippen LogP contribution in [0, 0.1) is 0 Å². The SMILES string of the molecule is NC1(c2cnn(-c3ccc(Br)cc3)c2)CC1. The lowest BCUT2D eigenvalue weighted by Gasteiger charge is -2.03. The maximum atomic E-state index is 6.12. The minimum Gasteiger partial charge on any atom is -0.321 e. The first-order valence-corrected chi connectivity index (χ1v) is 6.07. The van der Waals surface area contributed by atoms with Crippen LogP contribution >= 0.6 is 15.9 Å². The van der Waals surface area contributed by atoms with E-state index in [-0.39, 0.29) is 5.54 Å². The van der Waals surface area contributed by atoms with Gasteiger partial charge in [0, 0.05) is 21.8 Å². The summed E-state index contributed by atoms with van der Waals surface area (Å²) in [6.07, 6.45) is 6.03. The molecule has 16 heavy (non-hydrogen) atoms. The molecule has 0 spiro atoms. The van der Waals surface area contributed by atoms with Crippen LogP contribution in [-0.4, -0.2) is 9.78 Å². The Morgan fingerprint density at radius 1 is 1.25 bits per heavy atom. The minimum absolute atomic E-state index is 0.104. The van der Waals surface area contributed by atoms with E-state index in [1.165, 1.54) is 0 Å².